The molecule has 2 amide bonds. The quantitative estimate of drug-likeness (QED) is 0.503. The number of carbonyl (C=O) groups excluding carboxylic acids is 1. The van der Waals surface area contributed by atoms with Crippen molar-refractivity contribution in [3.8, 4) is 0 Å². The number of hydrogen-bond donors (Lipinski definition) is 2. The highest BCUT2D eigenvalue weighted by Gasteiger charge is 2.34. The SMILES string of the molecule is CCn1c2c(c(=O)n(CC)c1=O)C(c1c3ccccc3cc3ccccc13)NC(=O)N2. The molecule has 156 valence electrons. The van der Waals surface area contributed by atoms with Gasteiger partial charge >= 0.3 is 11.7 Å². The number of carbonyl (C=O) groups is 1. The minimum absolute atomic E-state index is 0.252. The van der Waals surface area contributed by atoms with E-state index < -0.39 is 17.8 Å². The first-order valence-corrected chi connectivity index (χ1v) is 10.4. The lowest BCUT2D eigenvalue weighted by Crippen LogP contribution is -2.50. The summed E-state index contributed by atoms with van der Waals surface area (Å²) in [5.41, 5.74) is 0.425. The van der Waals surface area contributed by atoms with Crippen molar-refractivity contribution in [3.05, 3.63) is 86.6 Å². The second-order valence-corrected chi connectivity index (χ2v) is 7.60. The van der Waals surface area contributed by atoms with E-state index in [9.17, 15) is 14.4 Å². The lowest BCUT2D eigenvalue weighted by atomic mass is 9.88. The highest BCUT2D eigenvalue weighted by Crippen LogP contribution is 2.38. The van der Waals surface area contributed by atoms with Gasteiger partial charge in [-0.15, -0.1) is 0 Å². The van der Waals surface area contributed by atoms with Crippen molar-refractivity contribution in [2.75, 3.05) is 5.32 Å². The molecule has 1 atom stereocenters. The van der Waals surface area contributed by atoms with E-state index in [1.54, 1.807) is 6.92 Å². The van der Waals surface area contributed by atoms with E-state index in [2.05, 4.69) is 16.7 Å². The van der Waals surface area contributed by atoms with E-state index in [0.29, 0.717) is 12.1 Å². The summed E-state index contributed by atoms with van der Waals surface area (Å²) in [5.74, 6) is 0.271. The van der Waals surface area contributed by atoms with E-state index >= 15 is 0 Å². The van der Waals surface area contributed by atoms with Crippen LogP contribution in [0.5, 0.6) is 0 Å². The Balaban J connectivity index is 1.95. The zero-order valence-electron chi connectivity index (χ0n) is 17.3. The lowest BCUT2D eigenvalue weighted by Gasteiger charge is -2.31. The third-order valence-electron chi connectivity index (χ3n) is 5.99. The monoisotopic (exact) mass is 414 g/mol. The molecule has 4 aromatic rings. The fraction of sp³-hybridized carbons (Fsp3) is 0.208. The predicted molar refractivity (Wildman–Crippen MR) is 122 cm³/mol. The molecule has 2 N–H and O–H groups in total. The molecule has 1 aliphatic rings. The first-order chi connectivity index (χ1) is 15.0. The van der Waals surface area contributed by atoms with Crippen LogP contribution in [0.1, 0.15) is 31.0 Å². The van der Waals surface area contributed by atoms with Gasteiger partial charge in [-0.3, -0.25) is 19.2 Å². The molecule has 7 nitrogen and oxygen atoms in total. The summed E-state index contributed by atoms with van der Waals surface area (Å²) in [5, 5.41) is 9.61. The van der Waals surface area contributed by atoms with Gasteiger partial charge in [0.1, 0.15) is 5.82 Å². The molecule has 7 heteroatoms. The summed E-state index contributed by atoms with van der Waals surface area (Å²) in [7, 11) is 0. The Morgan fingerprint density at radius 3 is 1.97 bits per heavy atom. The predicted octanol–water partition coefficient (Wildman–Crippen LogP) is 3.58. The Morgan fingerprint density at radius 2 is 1.39 bits per heavy atom. The smallest absolute Gasteiger partial charge is 0.327 e. The van der Waals surface area contributed by atoms with Crippen LogP contribution in [0, 0.1) is 0 Å². The molecule has 0 fully saturated rings. The Bertz CT molecular complexity index is 1430. The number of urea groups is 1. The maximum atomic E-state index is 13.5. The summed E-state index contributed by atoms with van der Waals surface area (Å²) >= 11 is 0. The van der Waals surface area contributed by atoms with Crippen LogP contribution in [0.15, 0.2) is 64.2 Å². The van der Waals surface area contributed by atoms with Gasteiger partial charge in [-0.25, -0.2) is 9.59 Å². The standard InChI is InChI=1S/C24H22N4O3/c1-3-27-21-19(22(29)28(4-2)24(27)31)20(25-23(30)26-21)18-16-11-7-5-9-14(16)13-15-10-6-8-12-17(15)18/h5-13,20H,3-4H2,1-2H3,(H2,25,26,30). The summed E-state index contributed by atoms with van der Waals surface area (Å²) in [4.78, 5) is 39.0. The zero-order chi connectivity index (χ0) is 21.7. The molecule has 1 aliphatic heterocycles. The second kappa shape index (κ2) is 7.12. The van der Waals surface area contributed by atoms with Crippen molar-refractivity contribution in [1.82, 2.24) is 14.5 Å². The molecule has 3 aromatic carbocycles. The van der Waals surface area contributed by atoms with Crippen LogP contribution in [0.2, 0.25) is 0 Å². The Morgan fingerprint density at radius 1 is 0.806 bits per heavy atom. The van der Waals surface area contributed by atoms with Gasteiger partial charge in [0.2, 0.25) is 0 Å². The Kier molecular flexibility index (Phi) is 4.39. The molecule has 0 radical (unpaired) electrons. The van der Waals surface area contributed by atoms with Crippen LogP contribution >= 0.6 is 0 Å². The molecule has 31 heavy (non-hydrogen) atoms. The van der Waals surface area contributed by atoms with Gasteiger partial charge in [0, 0.05) is 13.1 Å². The molecule has 0 saturated heterocycles. The van der Waals surface area contributed by atoms with Crippen LogP contribution in [0.4, 0.5) is 10.6 Å². The first kappa shape index (κ1) is 19.1. The van der Waals surface area contributed by atoms with E-state index in [1.807, 2.05) is 55.5 Å². The summed E-state index contributed by atoms with van der Waals surface area (Å²) in [6.45, 7) is 4.18. The molecule has 5 rings (SSSR count). The largest absolute Gasteiger partial charge is 0.332 e. The number of benzene rings is 3. The third kappa shape index (κ3) is 2.77. The van der Waals surface area contributed by atoms with Crippen LogP contribution in [0.3, 0.4) is 0 Å². The fourth-order valence-corrected chi connectivity index (χ4v) is 4.61. The van der Waals surface area contributed by atoms with Gasteiger partial charge in [0.05, 0.1) is 11.6 Å². The fourth-order valence-electron chi connectivity index (χ4n) is 4.61. The second-order valence-electron chi connectivity index (χ2n) is 7.60. The third-order valence-corrected chi connectivity index (χ3v) is 5.99. The molecule has 2 heterocycles. The maximum absolute atomic E-state index is 13.5. The summed E-state index contributed by atoms with van der Waals surface area (Å²) < 4.78 is 2.68. The average Bonchev–Trinajstić information content (AvgIpc) is 2.77. The van der Waals surface area contributed by atoms with Gasteiger partial charge in [-0.05, 0) is 47.0 Å². The van der Waals surface area contributed by atoms with Crippen molar-refractivity contribution >= 4 is 33.4 Å². The normalized spacial score (nSPS) is 15.5. The number of fused-ring (bicyclic) bond motifs is 3. The molecular formula is C24H22N4O3. The topological polar surface area (TPSA) is 85.1 Å². The van der Waals surface area contributed by atoms with Crippen LogP contribution in [-0.4, -0.2) is 15.2 Å². The Hall–Kier alpha value is -3.87. The van der Waals surface area contributed by atoms with E-state index in [0.717, 1.165) is 27.1 Å². The van der Waals surface area contributed by atoms with Crippen LogP contribution in [0.25, 0.3) is 21.5 Å². The minimum Gasteiger partial charge on any atom is -0.327 e. The van der Waals surface area contributed by atoms with Crippen molar-refractivity contribution in [1.29, 1.82) is 0 Å². The summed E-state index contributed by atoms with van der Waals surface area (Å²) in [6, 6.07) is 16.8. The van der Waals surface area contributed by atoms with Gasteiger partial charge in [-0.1, -0.05) is 48.5 Å². The molecule has 0 bridgehead atoms. The number of hydrogen-bond acceptors (Lipinski definition) is 3. The van der Waals surface area contributed by atoms with Crippen molar-refractivity contribution in [3.63, 3.8) is 0 Å². The number of amides is 2. The number of nitrogens with one attached hydrogen (secondary N) is 2. The summed E-state index contributed by atoms with van der Waals surface area (Å²) in [6.07, 6.45) is 0. The highest BCUT2D eigenvalue weighted by molar-refractivity contribution is 6.04. The highest BCUT2D eigenvalue weighted by atomic mass is 16.2. The van der Waals surface area contributed by atoms with Crippen LogP contribution < -0.4 is 21.9 Å². The number of rotatable bonds is 3. The van der Waals surface area contributed by atoms with Crippen molar-refractivity contribution in [2.45, 2.75) is 33.0 Å². The molecular weight excluding hydrogens is 392 g/mol. The van der Waals surface area contributed by atoms with Crippen LogP contribution in [-0.2, 0) is 13.1 Å². The van der Waals surface area contributed by atoms with E-state index in [1.165, 1.54) is 9.13 Å². The molecule has 1 aromatic heterocycles. The maximum Gasteiger partial charge on any atom is 0.332 e. The molecule has 0 spiro atoms. The van der Waals surface area contributed by atoms with Gasteiger partial charge < -0.3 is 5.32 Å². The van der Waals surface area contributed by atoms with E-state index in [-0.39, 0.29) is 17.9 Å². The minimum atomic E-state index is -0.691. The van der Waals surface area contributed by atoms with Crippen molar-refractivity contribution < 1.29 is 4.79 Å². The number of aromatic nitrogens is 2. The number of anilines is 1. The van der Waals surface area contributed by atoms with Gasteiger partial charge in [-0.2, -0.15) is 0 Å². The molecule has 1 unspecified atom stereocenters. The van der Waals surface area contributed by atoms with Gasteiger partial charge in [0.15, 0.2) is 0 Å². The Labute approximate surface area is 177 Å². The van der Waals surface area contributed by atoms with Crippen molar-refractivity contribution in [2.24, 2.45) is 0 Å². The van der Waals surface area contributed by atoms with E-state index in [4.69, 9.17) is 0 Å². The first-order valence-electron chi connectivity index (χ1n) is 10.4. The molecule has 0 saturated carbocycles. The zero-order valence-corrected chi connectivity index (χ0v) is 17.3. The van der Waals surface area contributed by atoms with Gasteiger partial charge in [0.25, 0.3) is 5.56 Å². The number of nitrogens with zero attached hydrogens (tertiary/aromatic N) is 2. The molecule has 0 aliphatic carbocycles. The lowest BCUT2D eigenvalue weighted by molar-refractivity contribution is 0.248. The average molecular weight is 414 g/mol.